The van der Waals surface area contributed by atoms with E-state index in [0.29, 0.717) is 36.7 Å². The zero-order chi connectivity index (χ0) is 16.3. The van der Waals surface area contributed by atoms with Crippen molar-refractivity contribution in [2.24, 2.45) is 5.92 Å². The summed E-state index contributed by atoms with van der Waals surface area (Å²) in [6.45, 7) is 8.92. The van der Waals surface area contributed by atoms with Crippen molar-refractivity contribution in [2.75, 3.05) is 19.7 Å². The molecule has 1 aliphatic rings. The first kappa shape index (κ1) is 16.5. The van der Waals surface area contributed by atoms with Crippen LogP contribution in [0.4, 0.5) is 0 Å². The Morgan fingerprint density at radius 3 is 2.82 bits per heavy atom. The Hall–Kier alpha value is -1.85. The van der Waals surface area contributed by atoms with Crippen LogP contribution in [-0.2, 0) is 9.53 Å². The quantitative estimate of drug-likeness (QED) is 0.799. The molecule has 1 atom stereocenters. The maximum absolute atomic E-state index is 12.8. The van der Waals surface area contributed by atoms with Gasteiger partial charge in [-0.05, 0) is 26.7 Å². The van der Waals surface area contributed by atoms with Crippen LogP contribution in [-0.4, -0.2) is 41.6 Å². The number of hydrogen-bond donors (Lipinski definition) is 0. The number of carbonyl (C=O) groups is 2. The molecule has 22 heavy (non-hydrogen) atoms. The maximum atomic E-state index is 12.8. The van der Waals surface area contributed by atoms with Gasteiger partial charge in [-0.15, -0.1) is 0 Å². The molecule has 6 nitrogen and oxygen atoms in total. The summed E-state index contributed by atoms with van der Waals surface area (Å²) < 4.78 is 10.4. The lowest BCUT2D eigenvalue weighted by Gasteiger charge is -2.31. The van der Waals surface area contributed by atoms with Crippen LogP contribution in [0.2, 0.25) is 0 Å². The Balaban J connectivity index is 2.16. The number of carbonyl (C=O) groups excluding carboxylic acids is 2. The molecule has 2 heterocycles. The molecule has 1 amide bonds. The fourth-order valence-electron chi connectivity index (χ4n) is 2.81. The molecule has 0 aliphatic carbocycles. The summed E-state index contributed by atoms with van der Waals surface area (Å²) in [6, 6.07) is 0. The molecule has 6 heteroatoms. The van der Waals surface area contributed by atoms with Gasteiger partial charge >= 0.3 is 5.97 Å². The number of ether oxygens (including phenoxy) is 1. The average molecular weight is 308 g/mol. The average Bonchev–Trinajstić information content (AvgIpc) is 2.89. The van der Waals surface area contributed by atoms with Gasteiger partial charge < -0.3 is 14.2 Å². The number of esters is 1. The Morgan fingerprint density at radius 2 is 2.18 bits per heavy atom. The lowest BCUT2D eigenvalue weighted by Crippen LogP contribution is -2.43. The molecule has 0 bridgehead atoms. The van der Waals surface area contributed by atoms with Crippen LogP contribution in [0.5, 0.6) is 0 Å². The molecule has 0 aromatic carbocycles. The molecule has 0 N–H and O–H groups in total. The van der Waals surface area contributed by atoms with Gasteiger partial charge in [0.05, 0.1) is 18.2 Å². The second-order valence-corrected chi connectivity index (χ2v) is 6.00. The monoisotopic (exact) mass is 308 g/mol. The Bertz CT molecular complexity index is 550. The van der Waals surface area contributed by atoms with E-state index in [1.165, 1.54) is 0 Å². The highest BCUT2D eigenvalue weighted by Crippen LogP contribution is 2.26. The first-order chi connectivity index (χ1) is 10.5. The lowest BCUT2D eigenvalue weighted by atomic mass is 9.96. The highest BCUT2D eigenvalue weighted by Gasteiger charge is 2.33. The van der Waals surface area contributed by atoms with E-state index in [4.69, 9.17) is 9.26 Å². The van der Waals surface area contributed by atoms with Gasteiger partial charge in [0.15, 0.2) is 5.76 Å². The maximum Gasteiger partial charge on any atom is 0.310 e. The zero-order valence-corrected chi connectivity index (χ0v) is 13.7. The fraction of sp³-hybridized carbons (Fsp3) is 0.688. The van der Waals surface area contributed by atoms with Gasteiger partial charge in [0.2, 0.25) is 0 Å². The minimum absolute atomic E-state index is 0.0887. The van der Waals surface area contributed by atoms with Gasteiger partial charge in [0.1, 0.15) is 5.56 Å². The number of amides is 1. The normalized spacial score (nSPS) is 18.6. The van der Waals surface area contributed by atoms with E-state index in [1.807, 2.05) is 13.8 Å². The van der Waals surface area contributed by atoms with Crippen molar-refractivity contribution in [2.45, 2.75) is 46.5 Å². The summed E-state index contributed by atoms with van der Waals surface area (Å²) in [6.07, 6.45) is 1.57. The van der Waals surface area contributed by atoms with Crippen LogP contribution in [0.3, 0.4) is 0 Å². The SMILES string of the molecule is CCOC(=O)C1CCCN(C(=O)c2c(C)noc2C(C)C)C1. The van der Waals surface area contributed by atoms with Crippen molar-refractivity contribution >= 4 is 11.9 Å². The standard InChI is InChI=1S/C16H24N2O4/c1-5-21-16(20)12-7-6-8-18(9-12)15(19)13-11(4)17-22-14(13)10(2)3/h10,12H,5-9H2,1-4H3. The van der Waals surface area contributed by atoms with Crippen molar-refractivity contribution in [1.29, 1.82) is 0 Å². The van der Waals surface area contributed by atoms with Gasteiger partial charge in [0.25, 0.3) is 5.91 Å². The van der Waals surface area contributed by atoms with E-state index >= 15 is 0 Å². The summed E-state index contributed by atoms with van der Waals surface area (Å²) in [5.74, 6) is 0.148. The number of aryl methyl sites for hydroxylation is 1. The largest absolute Gasteiger partial charge is 0.466 e. The zero-order valence-electron chi connectivity index (χ0n) is 13.7. The Kier molecular flexibility index (Phi) is 5.21. The molecule has 122 valence electrons. The van der Waals surface area contributed by atoms with Crippen LogP contribution >= 0.6 is 0 Å². The number of piperidine rings is 1. The number of hydrogen-bond acceptors (Lipinski definition) is 5. The van der Waals surface area contributed by atoms with Crippen LogP contribution in [0.25, 0.3) is 0 Å². The number of rotatable bonds is 4. The molecule has 1 aliphatic heterocycles. The summed E-state index contributed by atoms with van der Waals surface area (Å²) in [4.78, 5) is 26.4. The predicted octanol–water partition coefficient (Wildman–Crippen LogP) is 2.52. The summed E-state index contributed by atoms with van der Waals surface area (Å²) in [7, 11) is 0. The molecule has 1 unspecified atom stereocenters. The van der Waals surface area contributed by atoms with E-state index in [0.717, 1.165) is 12.8 Å². The topological polar surface area (TPSA) is 72.6 Å². The first-order valence-corrected chi connectivity index (χ1v) is 7.87. The third-order valence-corrected chi connectivity index (χ3v) is 3.96. The van der Waals surface area contributed by atoms with Crippen molar-refractivity contribution in [1.82, 2.24) is 10.1 Å². The smallest absolute Gasteiger partial charge is 0.310 e. The predicted molar refractivity (Wildman–Crippen MR) is 80.6 cm³/mol. The summed E-state index contributed by atoms with van der Waals surface area (Å²) >= 11 is 0. The molecular formula is C16H24N2O4. The van der Waals surface area contributed by atoms with Crippen LogP contribution in [0.15, 0.2) is 4.52 Å². The van der Waals surface area contributed by atoms with Gasteiger partial charge in [-0.25, -0.2) is 0 Å². The van der Waals surface area contributed by atoms with E-state index in [-0.39, 0.29) is 23.7 Å². The highest BCUT2D eigenvalue weighted by atomic mass is 16.5. The molecule has 1 saturated heterocycles. The summed E-state index contributed by atoms with van der Waals surface area (Å²) in [5, 5.41) is 3.92. The molecule has 0 radical (unpaired) electrons. The second-order valence-electron chi connectivity index (χ2n) is 6.00. The van der Waals surface area contributed by atoms with Crippen molar-refractivity contribution in [3.05, 3.63) is 17.0 Å². The fourth-order valence-corrected chi connectivity index (χ4v) is 2.81. The van der Waals surface area contributed by atoms with E-state index < -0.39 is 0 Å². The second kappa shape index (κ2) is 6.94. The summed E-state index contributed by atoms with van der Waals surface area (Å²) in [5.41, 5.74) is 1.14. The number of aromatic nitrogens is 1. The Morgan fingerprint density at radius 1 is 1.45 bits per heavy atom. The highest BCUT2D eigenvalue weighted by molar-refractivity contribution is 5.96. The molecule has 1 fully saturated rings. The van der Waals surface area contributed by atoms with E-state index in [1.54, 1.807) is 18.7 Å². The van der Waals surface area contributed by atoms with Crippen molar-refractivity contribution < 1.29 is 18.8 Å². The van der Waals surface area contributed by atoms with Gasteiger partial charge in [0, 0.05) is 19.0 Å². The van der Waals surface area contributed by atoms with Crippen LogP contribution < -0.4 is 0 Å². The third-order valence-electron chi connectivity index (χ3n) is 3.96. The van der Waals surface area contributed by atoms with E-state index in [9.17, 15) is 9.59 Å². The molecule has 1 aromatic heterocycles. The van der Waals surface area contributed by atoms with Crippen LogP contribution in [0.1, 0.15) is 61.3 Å². The van der Waals surface area contributed by atoms with Crippen LogP contribution in [0, 0.1) is 12.8 Å². The minimum atomic E-state index is -0.236. The molecule has 0 spiro atoms. The third kappa shape index (κ3) is 3.31. The molecule has 0 saturated carbocycles. The number of nitrogens with zero attached hydrogens (tertiary/aromatic N) is 2. The van der Waals surface area contributed by atoms with Gasteiger partial charge in [-0.1, -0.05) is 19.0 Å². The van der Waals surface area contributed by atoms with E-state index in [2.05, 4.69) is 5.16 Å². The van der Waals surface area contributed by atoms with Gasteiger partial charge in [-0.3, -0.25) is 9.59 Å². The molecular weight excluding hydrogens is 284 g/mol. The van der Waals surface area contributed by atoms with Crippen molar-refractivity contribution in [3.63, 3.8) is 0 Å². The molecule has 2 rings (SSSR count). The lowest BCUT2D eigenvalue weighted by molar-refractivity contribution is -0.149. The van der Waals surface area contributed by atoms with Gasteiger partial charge in [-0.2, -0.15) is 0 Å². The van der Waals surface area contributed by atoms with Crippen molar-refractivity contribution in [3.8, 4) is 0 Å². The molecule has 1 aromatic rings. The first-order valence-electron chi connectivity index (χ1n) is 7.87. The Labute approximate surface area is 130 Å². The number of likely N-dealkylation sites (tertiary alicyclic amines) is 1. The minimum Gasteiger partial charge on any atom is -0.466 e.